The van der Waals surface area contributed by atoms with E-state index in [1.165, 1.54) is 25.8 Å². The molecule has 1 heterocycles. The molecule has 1 aliphatic heterocycles. The Hall–Kier alpha value is -0.160. The van der Waals surface area contributed by atoms with E-state index in [1.807, 2.05) is 7.05 Å². The highest BCUT2D eigenvalue weighted by Gasteiger charge is 2.40. The van der Waals surface area contributed by atoms with E-state index in [1.54, 1.807) is 0 Å². The Labute approximate surface area is 117 Å². The summed E-state index contributed by atoms with van der Waals surface area (Å²) in [5.41, 5.74) is -0.0398. The molecule has 1 saturated carbocycles. The fourth-order valence-electron chi connectivity index (χ4n) is 3.58. The molecule has 0 aromatic rings. The van der Waals surface area contributed by atoms with Crippen molar-refractivity contribution in [2.75, 3.05) is 33.4 Å². The summed E-state index contributed by atoms with van der Waals surface area (Å²) in [5, 5.41) is 12.9. The molecule has 4 nitrogen and oxygen atoms in total. The molecule has 112 valence electrons. The first-order valence-corrected chi connectivity index (χ1v) is 7.88. The Balaban J connectivity index is 1.85. The van der Waals surface area contributed by atoms with Crippen molar-refractivity contribution in [3.63, 3.8) is 0 Å². The number of likely N-dealkylation sites (tertiary alicyclic amines) is 1. The zero-order valence-electron chi connectivity index (χ0n) is 12.5. The first-order valence-electron chi connectivity index (χ1n) is 7.88. The first-order chi connectivity index (χ1) is 9.23. The molecule has 1 saturated heterocycles. The predicted octanol–water partition coefficient (Wildman–Crippen LogP) is 1.38. The molecule has 19 heavy (non-hydrogen) atoms. The van der Waals surface area contributed by atoms with E-state index in [0.717, 1.165) is 32.4 Å². The van der Waals surface area contributed by atoms with Gasteiger partial charge in [-0.1, -0.05) is 6.92 Å². The summed E-state index contributed by atoms with van der Waals surface area (Å²) in [5.74, 6) is 0. The van der Waals surface area contributed by atoms with Crippen molar-refractivity contribution in [2.24, 2.45) is 0 Å². The Morgan fingerprint density at radius 3 is 2.89 bits per heavy atom. The van der Waals surface area contributed by atoms with Crippen LogP contribution in [-0.4, -0.2) is 61.0 Å². The lowest BCUT2D eigenvalue weighted by Crippen LogP contribution is -2.48. The quantitative estimate of drug-likeness (QED) is 0.765. The number of nitrogens with zero attached hydrogens (tertiary/aromatic N) is 1. The van der Waals surface area contributed by atoms with Crippen LogP contribution in [0.5, 0.6) is 0 Å². The molecule has 2 aliphatic rings. The molecule has 0 bridgehead atoms. The Morgan fingerprint density at radius 2 is 2.26 bits per heavy atom. The summed E-state index contributed by atoms with van der Waals surface area (Å²) in [6.07, 6.45) is 7.33. The van der Waals surface area contributed by atoms with Crippen molar-refractivity contribution in [3.8, 4) is 0 Å². The van der Waals surface area contributed by atoms with Crippen molar-refractivity contribution in [1.82, 2.24) is 10.2 Å². The van der Waals surface area contributed by atoms with Gasteiger partial charge in [0.2, 0.25) is 0 Å². The van der Waals surface area contributed by atoms with Crippen LogP contribution < -0.4 is 5.32 Å². The van der Waals surface area contributed by atoms with Gasteiger partial charge in [-0.15, -0.1) is 0 Å². The van der Waals surface area contributed by atoms with Crippen molar-refractivity contribution >= 4 is 0 Å². The van der Waals surface area contributed by atoms with Crippen LogP contribution in [0.25, 0.3) is 0 Å². The molecule has 2 N–H and O–H groups in total. The molecule has 4 heteroatoms. The minimum Gasteiger partial charge on any atom is -0.394 e. The Kier molecular flexibility index (Phi) is 5.63. The van der Waals surface area contributed by atoms with Gasteiger partial charge in [-0.2, -0.15) is 0 Å². The maximum atomic E-state index is 9.60. The molecular weight excluding hydrogens is 240 g/mol. The van der Waals surface area contributed by atoms with Gasteiger partial charge in [-0.3, -0.25) is 4.90 Å². The lowest BCUT2D eigenvalue weighted by molar-refractivity contribution is -0.0130. The second kappa shape index (κ2) is 7.02. The topological polar surface area (TPSA) is 44.7 Å². The summed E-state index contributed by atoms with van der Waals surface area (Å²) >= 11 is 0. The van der Waals surface area contributed by atoms with Gasteiger partial charge in [-0.05, 0) is 52.1 Å². The van der Waals surface area contributed by atoms with Crippen LogP contribution in [-0.2, 0) is 4.74 Å². The van der Waals surface area contributed by atoms with Gasteiger partial charge < -0.3 is 15.2 Å². The third kappa shape index (κ3) is 3.69. The molecule has 3 unspecified atom stereocenters. The number of ether oxygens (including phenoxy) is 1. The van der Waals surface area contributed by atoms with Crippen LogP contribution in [0.4, 0.5) is 0 Å². The fraction of sp³-hybridized carbons (Fsp3) is 1.00. The summed E-state index contributed by atoms with van der Waals surface area (Å²) < 4.78 is 5.92. The molecular formula is C15H30N2O2. The zero-order valence-corrected chi connectivity index (χ0v) is 12.5. The summed E-state index contributed by atoms with van der Waals surface area (Å²) in [6.45, 7) is 5.59. The van der Waals surface area contributed by atoms with Gasteiger partial charge in [0.15, 0.2) is 0 Å². The molecule has 1 aliphatic carbocycles. The average Bonchev–Trinajstić information content (AvgIpc) is 2.91. The molecule has 0 radical (unpaired) electrons. The molecule has 0 amide bonds. The summed E-state index contributed by atoms with van der Waals surface area (Å²) in [4.78, 5) is 2.60. The van der Waals surface area contributed by atoms with Gasteiger partial charge in [0.1, 0.15) is 0 Å². The van der Waals surface area contributed by atoms with Crippen LogP contribution >= 0.6 is 0 Å². The maximum Gasteiger partial charge on any atom is 0.0702 e. The Morgan fingerprint density at radius 1 is 1.42 bits per heavy atom. The van der Waals surface area contributed by atoms with E-state index in [0.29, 0.717) is 12.1 Å². The monoisotopic (exact) mass is 270 g/mol. The molecule has 0 aromatic heterocycles. The van der Waals surface area contributed by atoms with Crippen molar-refractivity contribution in [2.45, 2.75) is 63.1 Å². The number of piperidine rings is 1. The average molecular weight is 270 g/mol. The number of nitrogens with one attached hydrogen (secondary N) is 1. The van der Waals surface area contributed by atoms with Crippen LogP contribution in [0, 0.1) is 0 Å². The number of likely N-dealkylation sites (N-methyl/N-ethyl adjacent to an activating group) is 1. The van der Waals surface area contributed by atoms with Crippen molar-refractivity contribution in [3.05, 3.63) is 0 Å². The van der Waals surface area contributed by atoms with Crippen LogP contribution in [0.3, 0.4) is 0 Å². The van der Waals surface area contributed by atoms with E-state index in [2.05, 4.69) is 17.1 Å². The minimum absolute atomic E-state index is 0.0398. The Bertz CT molecular complexity index is 269. The first kappa shape index (κ1) is 15.2. The highest BCUT2D eigenvalue weighted by molar-refractivity contribution is 4.99. The van der Waals surface area contributed by atoms with Gasteiger partial charge in [0.05, 0.1) is 12.7 Å². The van der Waals surface area contributed by atoms with E-state index in [9.17, 15) is 5.11 Å². The van der Waals surface area contributed by atoms with E-state index in [-0.39, 0.29) is 12.1 Å². The number of rotatable bonds is 6. The third-order valence-electron chi connectivity index (χ3n) is 4.90. The van der Waals surface area contributed by atoms with E-state index < -0.39 is 0 Å². The van der Waals surface area contributed by atoms with E-state index >= 15 is 0 Å². The normalized spacial score (nSPS) is 36.8. The number of hydrogen-bond acceptors (Lipinski definition) is 4. The van der Waals surface area contributed by atoms with Crippen molar-refractivity contribution < 1.29 is 9.84 Å². The van der Waals surface area contributed by atoms with E-state index in [4.69, 9.17) is 4.74 Å². The smallest absolute Gasteiger partial charge is 0.0702 e. The molecule has 3 atom stereocenters. The highest BCUT2D eigenvalue weighted by Crippen LogP contribution is 2.34. The minimum atomic E-state index is -0.0398. The second-order valence-electron chi connectivity index (χ2n) is 6.22. The standard InChI is InChI=1S/C15H30N2O2/c1-3-9-19-14-5-4-8-17(11-14)13-6-7-15(10-13,12-18)16-2/h13-14,16,18H,3-12H2,1-2H3. The lowest BCUT2D eigenvalue weighted by atomic mass is 9.98. The fourth-order valence-corrected chi connectivity index (χ4v) is 3.58. The molecule has 2 rings (SSSR count). The molecule has 2 fully saturated rings. The summed E-state index contributed by atoms with van der Waals surface area (Å²) in [7, 11) is 1.97. The third-order valence-corrected chi connectivity index (χ3v) is 4.90. The van der Waals surface area contributed by atoms with Crippen LogP contribution in [0.15, 0.2) is 0 Å². The molecule has 0 aromatic carbocycles. The number of aliphatic hydroxyl groups excluding tert-OH is 1. The van der Waals surface area contributed by atoms with Gasteiger partial charge in [-0.25, -0.2) is 0 Å². The van der Waals surface area contributed by atoms with Gasteiger partial charge in [0, 0.05) is 24.7 Å². The van der Waals surface area contributed by atoms with Crippen LogP contribution in [0.2, 0.25) is 0 Å². The van der Waals surface area contributed by atoms with Crippen molar-refractivity contribution in [1.29, 1.82) is 0 Å². The zero-order chi connectivity index (χ0) is 13.7. The largest absolute Gasteiger partial charge is 0.394 e. The SMILES string of the molecule is CCCOC1CCCN(C2CCC(CO)(NC)C2)C1. The number of hydrogen-bond donors (Lipinski definition) is 2. The number of aliphatic hydroxyl groups is 1. The van der Waals surface area contributed by atoms with Gasteiger partial charge in [0.25, 0.3) is 0 Å². The second-order valence-corrected chi connectivity index (χ2v) is 6.22. The maximum absolute atomic E-state index is 9.60. The van der Waals surface area contributed by atoms with Crippen LogP contribution in [0.1, 0.15) is 45.4 Å². The lowest BCUT2D eigenvalue weighted by Gasteiger charge is -2.37. The highest BCUT2D eigenvalue weighted by atomic mass is 16.5. The predicted molar refractivity (Wildman–Crippen MR) is 77.4 cm³/mol. The summed E-state index contributed by atoms with van der Waals surface area (Å²) in [6, 6.07) is 0.618. The van der Waals surface area contributed by atoms with Gasteiger partial charge >= 0.3 is 0 Å². The molecule has 0 spiro atoms.